The molecule has 1 aromatic rings. The van der Waals surface area contributed by atoms with Crippen LogP contribution in [0.3, 0.4) is 0 Å². The van der Waals surface area contributed by atoms with Gasteiger partial charge in [0.1, 0.15) is 0 Å². The van der Waals surface area contributed by atoms with Gasteiger partial charge in [-0.3, -0.25) is 0 Å². The lowest BCUT2D eigenvalue weighted by molar-refractivity contribution is -0.0926. The van der Waals surface area contributed by atoms with Gasteiger partial charge in [0.05, 0.1) is 19.3 Å². The van der Waals surface area contributed by atoms with Crippen LogP contribution in [0.15, 0.2) is 24.3 Å². The fourth-order valence-corrected chi connectivity index (χ4v) is 9.00. The predicted octanol–water partition coefficient (Wildman–Crippen LogP) is 5.15. The molecule has 1 saturated heterocycles. The van der Waals surface area contributed by atoms with E-state index in [1.165, 1.54) is 39.2 Å². The number of nitrogens with one attached hydrogen (secondary N) is 3. The Kier molecular flexibility index (Phi) is 9.17. The van der Waals surface area contributed by atoms with Crippen molar-refractivity contribution in [1.29, 1.82) is 0 Å². The van der Waals surface area contributed by atoms with Crippen LogP contribution in [0, 0.1) is 29.1 Å². The zero-order valence-electron chi connectivity index (χ0n) is 24.3. The van der Waals surface area contributed by atoms with E-state index in [2.05, 4.69) is 27.6 Å². The minimum Gasteiger partial charge on any atom is -0.453 e. The third kappa shape index (κ3) is 6.24. The Bertz CT molecular complexity index is 1040. The first-order valence-corrected chi connectivity index (χ1v) is 15.5. The van der Waals surface area contributed by atoms with Crippen molar-refractivity contribution in [2.24, 2.45) is 29.1 Å². The van der Waals surface area contributed by atoms with Crippen molar-refractivity contribution < 1.29 is 19.1 Å². The molecular formula is C31H47ClN4O4. The summed E-state index contributed by atoms with van der Waals surface area (Å²) in [6, 6.07) is 7.93. The van der Waals surface area contributed by atoms with E-state index in [4.69, 9.17) is 16.3 Å². The first-order chi connectivity index (χ1) is 19.2. The number of ether oxygens (including phenoxy) is 2. The van der Waals surface area contributed by atoms with Crippen molar-refractivity contribution in [3.63, 3.8) is 0 Å². The van der Waals surface area contributed by atoms with Crippen molar-refractivity contribution in [3.05, 3.63) is 34.9 Å². The third-order valence-electron chi connectivity index (χ3n) is 10.4. The molecule has 1 aliphatic heterocycles. The van der Waals surface area contributed by atoms with Gasteiger partial charge in [-0.2, -0.15) is 0 Å². The highest BCUT2D eigenvalue weighted by Gasteiger charge is 2.57. The second kappa shape index (κ2) is 12.5. The van der Waals surface area contributed by atoms with Gasteiger partial charge in [-0.25, -0.2) is 9.59 Å². The molecule has 6 rings (SSSR count). The largest absolute Gasteiger partial charge is 0.453 e. The number of methoxy groups -OCH3 is 1. The molecule has 3 N–H and O–H groups in total. The molecule has 4 bridgehead atoms. The highest BCUT2D eigenvalue weighted by atomic mass is 35.5. The van der Waals surface area contributed by atoms with Crippen LogP contribution < -0.4 is 16.0 Å². The minimum atomic E-state index is -0.674. The highest BCUT2D eigenvalue weighted by molar-refractivity contribution is 6.30. The number of likely N-dealkylation sites (N-methyl/N-ethyl adjacent to an activating group) is 1. The summed E-state index contributed by atoms with van der Waals surface area (Å²) in [7, 11) is 3.33. The molecule has 9 heteroatoms. The summed E-state index contributed by atoms with van der Waals surface area (Å²) in [6.07, 6.45) is 9.40. The topological polar surface area (TPSA) is 91.9 Å². The third-order valence-corrected chi connectivity index (χ3v) is 10.7. The zero-order valence-corrected chi connectivity index (χ0v) is 25.1. The molecule has 222 valence electrons. The standard InChI is InChI=1S/C31H47ClN4O4/c1-30(23-6-4-8-26(32)15-23,40-11-9-34-29(38)39-3)24-7-5-10-36(20-24)28(37)35-27(19-33-2)18-31-16-21-12-22(17-31)14-25(31)13-21/h4,6,8,15,21-22,24-25,27,33H,5,7,9-14,16-20H2,1-3H3,(H,34,38)(H,35,37)/t21?,22?,24-,25?,27+,30+,31?/m1/s1. The lowest BCUT2D eigenvalue weighted by atomic mass is 9.72. The van der Waals surface area contributed by atoms with E-state index in [0.717, 1.165) is 55.7 Å². The summed E-state index contributed by atoms with van der Waals surface area (Å²) in [5.74, 6) is 2.76. The molecule has 0 aromatic heterocycles. The summed E-state index contributed by atoms with van der Waals surface area (Å²) < 4.78 is 11.2. The average Bonchev–Trinajstić information content (AvgIpc) is 3.33. The summed E-state index contributed by atoms with van der Waals surface area (Å²) >= 11 is 6.39. The van der Waals surface area contributed by atoms with Gasteiger partial charge in [0, 0.05) is 43.2 Å². The first-order valence-electron chi connectivity index (χ1n) is 15.2. The van der Waals surface area contributed by atoms with E-state index >= 15 is 0 Å². The lowest BCUT2D eigenvalue weighted by Crippen LogP contribution is -2.54. The minimum absolute atomic E-state index is 0.0276. The van der Waals surface area contributed by atoms with E-state index < -0.39 is 11.7 Å². The zero-order chi connectivity index (χ0) is 28.3. The number of piperidine rings is 1. The molecule has 0 radical (unpaired) electrons. The first kappa shape index (κ1) is 29.5. The molecule has 5 fully saturated rings. The number of urea groups is 1. The number of carbonyl (C=O) groups is 2. The Morgan fingerprint density at radius 2 is 2.00 bits per heavy atom. The van der Waals surface area contributed by atoms with Crippen LogP contribution in [0.25, 0.3) is 0 Å². The molecule has 0 spiro atoms. The Hall–Kier alpha value is -2.03. The van der Waals surface area contributed by atoms with E-state index in [1.54, 1.807) is 0 Å². The van der Waals surface area contributed by atoms with Gasteiger partial charge in [0.2, 0.25) is 0 Å². The van der Waals surface area contributed by atoms with Crippen LogP contribution in [-0.4, -0.2) is 70.0 Å². The van der Waals surface area contributed by atoms with Gasteiger partial charge in [0.15, 0.2) is 0 Å². The van der Waals surface area contributed by atoms with Crippen molar-refractivity contribution in [2.45, 2.75) is 69.9 Å². The monoisotopic (exact) mass is 574 g/mol. The van der Waals surface area contributed by atoms with Gasteiger partial charge in [-0.15, -0.1) is 0 Å². The van der Waals surface area contributed by atoms with Gasteiger partial charge < -0.3 is 30.3 Å². The molecule has 4 saturated carbocycles. The highest BCUT2D eigenvalue weighted by Crippen LogP contribution is 2.67. The molecule has 40 heavy (non-hydrogen) atoms. The van der Waals surface area contributed by atoms with Gasteiger partial charge in [-0.1, -0.05) is 23.7 Å². The van der Waals surface area contributed by atoms with Crippen LogP contribution in [0.1, 0.15) is 63.9 Å². The molecule has 1 aromatic carbocycles. The Morgan fingerprint density at radius 3 is 2.70 bits per heavy atom. The number of halogens is 1. The number of carbonyl (C=O) groups excluding carboxylic acids is 2. The van der Waals surface area contributed by atoms with Gasteiger partial charge in [-0.05, 0) is 106 Å². The molecule has 5 aliphatic rings. The summed E-state index contributed by atoms with van der Waals surface area (Å²) in [5, 5.41) is 10.1. The van der Waals surface area contributed by atoms with Crippen LogP contribution >= 0.6 is 11.6 Å². The number of alkyl carbamates (subject to hydrolysis) is 1. The Morgan fingerprint density at radius 1 is 1.23 bits per heavy atom. The molecule has 4 aliphatic carbocycles. The van der Waals surface area contributed by atoms with Crippen molar-refractivity contribution >= 4 is 23.7 Å². The summed E-state index contributed by atoms with van der Waals surface area (Å²) in [4.78, 5) is 27.2. The van der Waals surface area contributed by atoms with E-state index in [-0.39, 0.29) is 18.0 Å². The smallest absolute Gasteiger partial charge is 0.406 e. The van der Waals surface area contributed by atoms with Crippen LogP contribution in [-0.2, 0) is 15.1 Å². The number of benzene rings is 1. The maximum absolute atomic E-state index is 13.7. The number of hydrogen-bond acceptors (Lipinski definition) is 5. The van der Waals surface area contributed by atoms with Crippen LogP contribution in [0.5, 0.6) is 0 Å². The van der Waals surface area contributed by atoms with Crippen LogP contribution in [0.4, 0.5) is 9.59 Å². The van der Waals surface area contributed by atoms with Crippen molar-refractivity contribution in [1.82, 2.24) is 20.9 Å². The van der Waals surface area contributed by atoms with E-state index in [0.29, 0.717) is 30.1 Å². The second-order valence-corrected chi connectivity index (χ2v) is 13.4. The maximum Gasteiger partial charge on any atom is 0.406 e. The molecule has 1 heterocycles. The van der Waals surface area contributed by atoms with Crippen LogP contribution in [0.2, 0.25) is 5.02 Å². The van der Waals surface area contributed by atoms with Gasteiger partial charge >= 0.3 is 12.1 Å². The van der Waals surface area contributed by atoms with Gasteiger partial charge in [0.25, 0.3) is 0 Å². The Labute approximate surface area is 244 Å². The predicted molar refractivity (Wildman–Crippen MR) is 156 cm³/mol. The number of likely N-dealkylation sites (tertiary alicyclic amines) is 1. The number of nitrogens with zero attached hydrogens (tertiary/aromatic N) is 1. The molecule has 8 nitrogen and oxygen atoms in total. The Balaban J connectivity index is 1.25. The summed E-state index contributed by atoms with van der Waals surface area (Å²) in [5.41, 5.74) is 0.737. The SMILES string of the molecule is CNC[C@H](CC12CC3CC(CC1C3)C2)NC(=O)N1CCC[C@@H]([C@@](C)(OCCNC(=O)OC)c2cccc(Cl)c2)C1. The fourth-order valence-electron chi connectivity index (χ4n) is 8.81. The summed E-state index contributed by atoms with van der Waals surface area (Å²) in [6.45, 7) is 4.86. The van der Waals surface area contributed by atoms with E-state index in [9.17, 15) is 9.59 Å². The molecule has 2 unspecified atom stereocenters. The average molecular weight is 575 g/mol. The molecule has 3 amide bonds. The molecular weight excluding hydrogens is 528 g/mol. The quantitative estimate of drug-likeness (QED) is 0.318. The molecule has 5 atom stereocenters. The number of rotatable bonds is 11. The van der Waals surface area contributed by atoms with Crippen molar-refractivity contribution in [3.8, 4) is 0 Å². The number of hydrogen-bond donors (Lipinski definition) is 3. The van der Waals surface area contributed by atoms with E-state index in [1.807, 2.05) is 36.2 Å². The maximum atomic E-state index is 13.7. The van der Waals surface area contributed by atoms with Crippen molar-refractivity contribution in [2.75, 3.05) is 46.9 Å². The number of amides is 3. The fraction of sp³-hybridized carbons (Fsp3) is 0.742. The normalized spacial score (nSPS) is 31.1. The second-order valence-electron chi connectivity index (χ2n) is 13.0. The lowest BCUT2D eigenvalue weighted by Gasteiger charge is -2.44.